The first-order valence-electron chi connectivity index (χ1n) is 7.21. The van der Waals surface area contributed by atoms with E-state index in [0.29, 0.717) is 5.92 Å². The zero-order chi connectivity index (χ0) is 14.6. The summed E-state index contributed by atoms with van der Waals surface area (Å²) in [7, 11) is 0. The molecule has 0 atom stereocenters. The molecule has 0 saturated heterocycles. The molecular formula is C16H27N3. The van der Waals surface area contributed by atoms with Crippen LogP contribution in [0.5, 0.6) is 0 Å². The number of hydrogen-bond acceptors (Lipinski definition) is 2. The molecule has 19 heavy (non-hydrogen) atoms. The van der Waals surface area contributed by atoms with Crippen molar-refractivity contribution in [3.63, 3.8) is 0 Å². The number of nitriles is 1. The van der Waals surface area contributed by atoms with Crippen LogP contribution in [0.4, 0.5) is 0 Å². The first kappa shape index (κ1) is 15.8. The first-order valence-corrected chi connectivity index (χ1v) is 7.21. The van der Waals surface area contributed by atoms with Crippen molar-refractivity contribution in [2.45, 2.75) is 67.3 Å². The minimum Gasteiger partial charge on any atom is -0.269 e. The Morgan fingerprint density at radius 2 is 1.95 bits per heavy atom. The molecule has 0 aliphatic carbocycles. The maximum absolute atomic E-state index is 9.02. The Labute approximate surface area is 117 Å². The molecule has 0 aliphatic rings. The van der Waals surface area contributed by atoms with E-state index in [9.17, 15) is 0 Å². The highest BCUT2D eigenvalue weighted by atomic mass is 15.3. The van der Waals surface area contributed by atoms with E-state index in [0.717, 1.165) is 31.5 Å². The van der Waals surface area contributed by atoms with Crippen molar-refractivity contribution in [1.29, 1.82) is 5.26 Å². The number of rotatable bonds is 6. The molecule has 0 bridgehead atoms. The third-order valence-corrected chi connectivity index (χ3v) is 3.62. The van der Waals surface area contributed by atoms with E-state index in [1.54, 1.807) is 0 Å². The molecule has 0 aliphatic heterocycles. The topological polar surface area (TPSA) is 41.6 Å². The molecule has 1 aromatic rings. The van der Waals surface area contributed by atoms with Gasteiger partial charge in [-0.2, -0.15) is 10.4 Å². The van der Waals surface area contributed by atoms with Crippen LogP contribution in [0, 0.1) is 36.5 Å². The lowest BCUT2D eigenvalue weighted by Crippen LogP contribution is -2.11. The molecule has 0 aromatic carbocycles. The highest BCUT2D eigenvalue weighted by Gasteiger charge is 2.17. The SMILES string of the molecule is Cc1nn(CCCC(C)(C)C#N)c(C)c1CC(C)C. The molecule has 0 radical (unpaired) electrons. The fourth-order valence-electron chi connectivity index (χ4n) is 2.38. The zero-order valence-corrected chi connectivity index (χ0v) is 13.2. The van der Waals surface area contributed by atoms with Gasteiger partial charge in [-0.15, -0.1) is 0 Å². The van der Waals surface area contributed by atoms with Crippen LogP contribution in [-0.2, 0) is 13.0 Å². The fraction of sp³-hybridized carbons (Fsp3) is 0.750. The summed E-state index contributed by atoms with van der Waals surface area (Å²) in [4.78, 5) is 0. The van der Waals surface area contributed by atoms with E-state index < -0.39 is 0 Å². The van der Waals surface area contributed by atoms with Gasteiger partial charge in [0, 0.05) is 12.2 Å². The molecule has 0 fully saturated rings. The monoisotopic (exact) mass is 261 g/mol. The molecule has 1 aromatic heterocycles. The lowest BCUT2D eigenvalue weighted by atomic mass is 9.90. The predicted octanol–water partition coefficient (Wildman–Crippen LogP) is 4.03. The molecule has 106 valence electrons. The number of nitrogens with zero attached hydrogens (tertiary/aromatic N) is 3. The molecular weight excluding hydrogens is 234 g/mol. The summed E-state index contributed by atoms with van der Waals surface area (Å²) in [5.41, 5.74) is 3.62. The molecule has 1 heterocycles. The lowest BCUT2D eigenvalue weighted by molar-refractivity contribution is 0.404. The van der Waals surface area contributed by atoms with Crippen molar-refractivity contribution >= 4 is 0 Å². The molecule has 0 amide bonds. The Hall–Kier alpha value is -1.30. The van der Waals surface area contributed by atoms with E-state index in [1.165, 1.54) is 11.3 Å². The molecule has 0 N–H and O–H groups in total. The summed E-state index contributed by atoms with van der Waals surface area (Å²) in [6, 6.07) is 2.36. The molecule has 3 heteroatoms. The van der Waals surface area contributed by atoms with Gasteiger partial charge in [-0.25, -0.2) is 0 Å². The second-order valence-electron chi connectivity index (χ2n) is 6.57. The lowest BCUT2D eigenvalue weighted by Gasteiger charge is -2.14. The van der Waals surface area contributed by atoms with Gasteiger partial charge in [0.05, 0.1) is 17.2 Å². The fourth-order valence-corrected chi connectivity index (χ4v) is 2.38. The largest absolute Gasteiger partial charge is 0.269 e. The van der Waals surface area contributed by atoms with Gasteiger partial charge < -0.3 is 0 Å². The Balaban J connectivity index is 2.68. The molecule has 0 spiro atoms. The Morgan fingerprint density at radius 1 is 1.32 bits per heavy atom. The summed E-state index contributed by atoms with van der Waals surface area (Å²) in [6.07, 6.45) is 3.02. The third kappa shape index (κ3) is 4.38. The minimum atomic E-state index is -0.225. The summed E-state index contributed by atoms with van der Waals surface area (Å²) < 4.78 is 2.11. The summed E-state index contributed by atoms with van der Waals surface area (Å²) in [6.45, 7) is 13.7. The van der Waals surface area contributed by atoms with Crippen molar-refractivity contribution in [1.82, 2.24) is 9.78 Å². The Bertz CT molecular complexity index is 461. The van der Waals surface area contributed by atoms with Gasteiger partial charge in [0.25, 0.3) is 0 Å². The quantitative estimate of drug-likeness (QED) is 0.776. The molecule has 1 rings (SSSR count). The summed E-state index contributed by atoms with van der Waals surface area (Å²) >= 11 is 0. The van der Waals surface area contributed by atoms with Crippen LogP contribution in [-0.4, -0.2) is 9.78 Å². The average molecular weight is 261 g/mol. The second kappa shape index (κ2) is 6.23. The summed E-state index contributed by atoms with van der Waals surface area (Å²) in [5, 5.41) is 13.7. The van der Waals surface area contributed by atoms with Crippen LogP contribution in [0.3, 0.4) is 0 Å². The van der Waals surface area contributed by atoms with Crippen molar-refractivity contribution in [3.05, 3.63) is 17.0 Å². The van der Waals surface area contributed by atoms with E-state index in [1.807, 2.05) is 13.8 Å². The standard InChI is InChI=1S/C16H27N3/c1-12(2)10-15-13(3)18-19(14(15)4)9-7-8-16(5,6)11-17/h12H,7-10H2,1-6H3. The van der Waals surface area contributed by atoms with Gasteiger partial charge in [-0.3, -0.25) is 4.68 Å². The van der Waals surface area contributed by atoms with Gasteiger partial charge in [-0.1, -0.05) is 13.8 Å². The molecule has 0 unspecified atom stereocenters. The Kier molecular flexibility index (Phi) is 5.17. The summed E-state index contributed by atoms with van der Waals surface area (Å²) in [5.74, 6) is 0.660. The van der Waals surface area contributed by atoms with Gasteiger partial charge in [0.1, 0.15) is 0 Å². The normalized spacial score (nSPS) is 11.9. The van der Waals surface area contributed by atoms with Crippen molar-refractivity contribution in [2.75, 3.05) is 0 Å². The van der Waals surface area contributed by atoms with Crippen LogP contribution in [0.2, 0.25) is 0 Å². The van der Waals surface area contributed by atoms with Crippen LogP contribution in [0.1, 0.15) is 57.5 Å². The second-order valence-corrected chi connectivity index (χ2v) is 6.57. The predicted molar refractivity (Wildman–Crippen MR) is 78.9 cm³/mol. The van der Waals surface area contributed by atoms with E-state index in [2.05, 4.69) is 43.5 Å². The average Bonchev–Trinajstić information content (AvgIpc) is 2.56. The Morgan fingerprint density at radius 3 is 2.47 bits per heavy atom. The van der Waals surface area contributed by atoms with Crippen molar-refractivity contribution < 1.29 is 0 Å². The zero-order valence-electron chi connectivity index (χ0n) is 13.2. The van der Waals surface area contributed by atoms with Crippen LogP contribution < -0.4 is 0 Å². The van der Waals surface area contributed by atoms with Crippen LogP contribution >= 0.6 is 0 Å². The smallest absolute Gasteiger partial charge is 0.0683 e. The maximum Gasteiger partial charge on any atom is 0.0683 e. The van der Waals surface area contributed by atoms with Gasteiger partial charge in [-0.05, 0) is 58.4 Å². The highest BCUT2D eigenvalue weighted by Crippen LogP contribution is 2.22. The van der Waals surface area contributed by atoms with Crippen molar-refractivity contribution in [2.24, 2.45) is 11.3 Å². The molecule has 0 saturated carbocycles. The van der Waals surface area contributed by atoms with Crippen LogP contribution in [0.25, 0.3) is 0 Å². The number of hydrogen-bond donors (Lipinski definition) is 0. The highest BCUT2D eigenvalue weighted by molar-refractivity contribution is 5.24. The minimum absolute atomic E-state index is 0.225. The van der Waals surface area contributed by atoms with E-state index in [4.69, 9.17) is 5.26 Å². The van der Waals surface area contributed by atoms with Crippen LogP contribution in [0.15, 0.2) is 0 Å². The number of aryl methyl sites for hydroxylation is 2. The first-order chi connectivity index (χ1) is 8.76. The van der Waals surface area contributed by atoms with Gasteiger partial charge in [0.2, 0.25) is 0 Å². The van der Waals surface area contributed by atoms with E-state index in [-0.39, 0.29) is 5.41 Å². The van der Waals surface area contributed by atoms with Gasteiger partial charge >= 0.3 is 0 Å². The third-order valence-electron chi connectivity index (χ3n) is 3.62. The van der Waals surface area contributed by atoms with Gasteiger partial charge in [0.15, 0.2) is 0 Å². The maximum atomic E-state index is 9.02. The van der Waals surface area contributed by atoms with Crippen molar-refractivity contribution in [3.8, 4) is 6.07 Å². The number of aromatic nitrogens is 2. The molecule has 3 nitrogen and oxygen atoms in total. The van der Waals surface area contributed by atoms with E-state index >= 15 is 0 Å².